The van der Waals surface area contributed by atoms with E-state index in [9.17, 15) is 4.79 Å². The van der Waals surface area contributed by atoms with Gasteiger partial charge in [0.05, 0.1) is 5.92 Å². The van der Waals surface area contributed by atoms with E-state index >= 15 is 0 Å². The van der Waals surface area contributed by atoms with E-state index in [-0.39, 0.29) is 11.8 Å². The number of carbonyl (C=O) groups is 1. The van der Waals surface area contributed by atoms with E-state index < -0.39 is 0 Å². The average molecular weight is 300 g/mol. The second kappa shape index (κ2) is 5.55. The molecule has 0 aromatic carbocycles. The molecule has 2 aromatic rings. The van der Waals surface area contributed by atoms with E-state index in [4.69, 9.17) is 0 Å². The Morgan fingerprint density at radius 3 is 3.14 bits per heavy atom. The Labute approximate surface area is 128 Å². The van der Waals surface area contributed by atoms with Crippen molar-refractivity contribution in [3.05, 3.63) is 18.7 Å². The second-order valence-corrected chi connectivity index (χ2v) is 6.29. The highest BCUT2D eigenvalue weighted by atomic mass is 16.1. The van der Waals surface area contributed by atoms with Crippen molar-refractivity contribution in [2.75, 3.05) is 24.5 Å². The van der Waals surface area contributed by atoms with Crippen molar-refractivity contribution in [3.63, 3.8) is 0 Å². The van der Waals surface area contributed by atoms with E-state index in [0.717, 1.165) is 43.3 Å². The van der Waals surface area contributed by atoms with Crippen LogP contribution in [0.15, 0.2) is 18.7 Å². The SMILES string of the molecule is O=C(NCC1CC1)C1CCCN(c2nccn3cnnc23)C1. The van der Waals surface area contributed by atoms with Gasteiger partial charge >= 0.3 is 0 Å². The lowest BCUT2D eigenvalue weighted by atomic mass is 9.97. The number of piperidine rings is 1. The van der Waals surface area contributed by atoms with E-state index in [1.807, 2.05) is 10.6 Å². The molecule has 116 valence electrons. The fraction of sp³-hybridized carbons (Fsp3) is 0.600. The minimum atomic E-state index is 0.0393. The van der Waals surface area contributed by atoms with Gasteiger partial charge in [-0.15, -0.1) is 10.2 Å². The molecule has 1 aliphatic carbocycles. The molecule has 1 unspecified atom stereocenters. The van der Waals surface area contributed by atoms with E-state index in [0.29, 0.717) is 6.54 Å². The summed E-state index contributed by atoms with van der Waals surface area (Å²) in [5.41, 5.74) is 0.751. The number of hydrogen-bond donors (Lipinski definition) is 1. The summed E-state index contributed by atoms with van der Waals surface area (Å²) in [5, 5.41) is 11.2. The molecule has 2 aliphatic rings. The molecule has 1 amide bonds. The van der Waals surface area contributed by atoms with Crippen molar-refractivity contribution in [2.24, 2.45) is 11.8 Å². The van der Waals surface area contributed by atoms with Crippen molar-refractivity contribution in [2.45, 2.75) is 25.7 Å². The van der Waals surface area contributed by atoms with Crippen LogP contribution in [0, 0.1) is 11.8 Å². The zero-order chi connectivity index (χ0) is 14.9. The number of fused-ring (bicyclic) bond motifs is 1. The lowest BCUT2D eigenvalue weighted by Gasteiger charge is -2.32. The van der Waals surface area contributed by atoms with Crippen LogP contribution >= 0.6 is 0 Å². The fourth-order valence-corrected chi connectivity index (χ4v) is 3.06. The molecule has 1 N–H and O–H groups in total. The van der Waals surface area contributed by atoms with Gasteiger partial charge in [-0.3, -0.25) is 9.20 Å². The van der Waals surface area contributed by atoms with Crippen molar-refractivity contribution >= 4 is 17.4 Å². The van der Waals surface area contributed by atoms with Gasteiger partial charge in [-0.1, -0.05) is 0 Å². The van der Waals surface area contributed by atoms with Gasteiger partial charge in [0.25, 0.3) is 0 Å². The smallest absolute Gasteiger partial charge is 0.224 e. The summed E-state index contributed by atoms with van der Waals surface area (Å²) in [7, 11) is 0. The lowest BCUT2D eigenvalue weighted by Crippen LogP contribution is -2.44. The maximum absolute atomic E-state index is 12.3. The zero-order valence-electron chi connectivity index (χ0n) is 12.5. The van der Waals surface area contributed by atoms with Crippen LogP contribution in [0.5, 0.6) is 0 Å². The summed E-state index contributed by atoms with van der Waals surface area (Å²) in [6, 6.07) is 0. The van der Waals surface area contributed by atoms with Crippen LogP contribution in [0.25, 0.3) is 5.65 Å². The van der Waals surface area contributed by atoms with Gasteiger partial charge in [0.1, 0.15) is 6.33 Å². The Balaban J connectivity index is 1.48. The summed E-state index contributed by atoms with van der Waals surface area (Å²) >= 11 is 0. The molecule has 2 aromatic heterocycles. The predicted octanol–water partition coefficient (Wildman–Crippen LogP) is 0.867. The molecule has 0 radical (unpaired) electrons. The first-order valence-corrected chi connectivity index (χ1v) is 7.98. The van der Waals surface area contributed by atoms with Crippen molar-refractivity contribution in [1.29, 1.82) is 0 Å². The van der Waals surface area contributed by atoms with Crippen LogP contribution in [0.4, 0.5) is 5.82 Å². The second-order valence-electron chi connectivity index (χ2n) is 6.29. The normalized spacial score (nSPS) is 22.0. The molecule has 7 heteroatoms. The molecule has 1 saturated heterocycles. The van der Waals surface area contributed by atoms with Gasteiger partial charge in [0.2, 0.25) is 11.6 Å². The Morgan fingerprint density at radius 2 is 2.27 bits per heavy atom. The Bertz CT molecular complexity index is 679. The number of nitrogens with zero attached hydrogens (tertiary/aromatic N) is 5. The van der Waals surface area contributed by atoms with Gasteiger partial charge in [0, 0.05) is 32.0 Å². The highest BCUT2D eigenvalue weighted by molar-refractivity contribution is 5.80. The molecule has 1 aliphatic heterocycles. The highest BCUT2D eigenvalue weighted by Crippen LogP contribution is 2.28. The van der Waals surface area contributed by atoms with Gasteiger partial charge in [-0.2, -0.15) is 0 Å². The van der Waals surface area contributed by atoms with Crippen molar-refractivity contribution in [1.82, 2.24) is 24.9 Å². The molecule has 0 bridgehead atoms. The number of anilines is 1. The third-order valence-electron chi connectivity index (χ3n) is 4.55. The van der Waals surface area contributed by atoms with Gasteiger partial charge < -0.3 is 10.2 Å². The summed E-state index contributed by atoms with van der Waals surface area (Å²) in [6.07, 6.45) is 9.72. The van der Waals surface area contributed by atoms with Gasteiger partial charge in [0.15, 0.2) is 5.82 Å². The van der Waals surface area contributed by atoms with Gasteiger partial charge in [-0.05, 0) is 31.6 Å². The Kier molecular flexibility index (Phi) is 3.40. The van der Waals surface area contributed by atoms with E-state index in [1.165, 1.54) is 12.8 Å². The van der Waals surface area contributed by atoms with Crippen molar-refractivity contribution < 1.29 is 4.79 Å². The number of hydrogen-bond acceptors (Lipinski definition) is 5. The summed E-state index contributed by atoms with van der Waals surface area (Å²) < 4.78 is 1.86. The van der Waals surface area contributed by atoms with Crippen molar-refractivity contribution in [3.8, 4) is 0 Å². The molecule has 1 atom stereocenters. The van der Waals surface area contributed by atoms with Crippen LogP contribution in [-0.2, 0) is 4.79 Å². The topological polar surface area (TPSA) is 75.4 Å². The zero-order valence-corrected chi connectivity index (χ0v) is 12.5. The number of rotatable bonds is 4. The van der Waals surface area contributed by atoms with Crippen LogP contribution in [0.1, 0.15) is 25.7 Å². The summed E-state index contributed by atoms with van der Waals surface area (Å²) in [4.78, 5) is 18.9. The van der Waals surface area contributed by atoms with Crippen LogP contribution < -0.4 is 10.2 Å². The summed E-state index contributed by atoms with van der Waals surface area (Å²) in [6.45, 7) is 2.45. The molecule has 1 saturated carbocycles. The molecule has 4 rings (SSSR count). The third-order valence-corrected chi connectivity index (χ3v) is 4.55. The van der Waals surface area contributed by atoms with Gasteiger partial charge in [-0.25, -0.2) is 4.98 Å². The van der Waals surface area contributed by atoms with E-state index in [1.54, 1.807) is 12.5 Å². The number of amides is 1. The fourth-order valence-electron chi connectivity index (χ4n) is 3.06. The maximum Gasteiger partial charge on any atom is 0.224 e. The number of nitrogens with one attached hydrogen (secondary N) is 1. The average Bonchev–Trinajstić information content (AvgIpc) is 3.27. The minimum absolute atomic E-state index is 0.0393. The largest absolute Gasteiger partial charge is 0.356 e. The first-order chi connectivity index (χ1) is 10.8. The summed E-state index contributed by atoms with van der Waals surface area (Å²) in [5.74, 6) is 1.76. The molecular weight excluding hydrogens is 280 g/mol. The number of aromatic nitrogens is 4. The van der Waals surface area contributed by atoms with Crippen LogP contribution in [-0.4, -0.2) is 45.1 Å². The Morgan fingerprint density at radius 1 is 1.36 bits per heavy atom. The minimum Gasteiger partial charge on any atom is -0.356 e. The standard InChI is InChI=1S/C15H20N6O/c22-15(17-8-11-3-4-11)12-2-1-6-20(9-12)13-14-19-18-10-21(14)7-5-16-13/h5,7,10-12H,1-4,6,8-9H2,(H,17,22). The third kappa shape index (κ3) is 2.63. The lowest BCUT2D eigenvalue weighted by molar-refractivity contribution is -0.125. The molecule has 7 nitrogen and oxygen atoms in total. The van der Waals surface area contributed by atoms with Crippen LogP contribution in [0.2, 0.25) is 0 Å². The molecule has 22 heavy (non-hydrogen) atoms. The number of carbonyl (C=O) groups excluding carboxylic acids is 1. The first-order valence-electron chi connectivity index (χ1n) is 7.98. The quantitative estimate of drug-likeness (QED) is 0.906. The highest BCUT2D eigenvalue weighted by Gasteiger charge is 2.29. The predicted molar refractivity (Wildman–Crippen MR) is 81.5 cm³/mol. The molecule has 0 spiro atoms. The maximum atomic E-state index is 12.3. The molecule has 3 heterocycles. The van der Waals surface area contributed by atoms with E-state index in [2.05, 4.69) is 25.4 Å². The Hall–Kier alpha value is -2.18. The monoisotopic (exact) mass is 300 g/mol. The molecular formula is C15H20N6O. The first kappa shape index (κ1) is 13.5. The molecule has 2 fully saturated rings. The van der Waals surface area contributed by atoms with Crippen LogP contribution in [0.3, 0.4) is 0 Å².